The van der Waals surface area contributed by atoms with Gasteiger partial charge >= 0.3 is 17.9 Å². The molecule has 0 radical (unpaired) electrons. The van der Waals surface area contributed by atoms with E-state index < -0.39 is 24.3 Å². The molecule has 0 aromatic rings. The van der Waals surface area contributed by atoms with E-state index in [-0.39, 0.29) is 32.2 Å². The summed E-state index contributed by atoms with van der Waals surface area (Å²) >= 11 is 0. The van der Waals surface area contributed by atoms with Crippen LogP contribution in [0.1, 0.15) is 206 Å². The van der Waals surface area contributed by atoms with Crippen molar-refractivity contribution in [3.8, 4) is 0 Å². The van der Waals surface area contributed by atoms with Crippen LogP contribution in [0.2, 0.25) is 0 Å². The summed E-state index contributed by atoms with van der Waals surface area (Å²) in [5.41, 5.74) is 0. The third kappa shape index (κ3) is 48.5. The molecule has 9 heteroatoms. The average molecular weight is 913 g/mol. The van der Waals surface area contributed by atoms with Gasteiger partial charge in [-0.3, -0.25) is 9.59 Å². The van der Waals surface area contributed by atoms with E-state index in [4.69, 9.17) is 18.9 Å². The quantitative estimate of drug-likeness (QED) is 0.0211. The highest BCUT2D eigenvalue weighted by molar-refractivity contribution is 5.71. The first-order valence-corrected chi connectivity index (χ1v) is 26.1. The Hall–Kier alpha value is -3.27. The van der Waals surface area contributed by atoms with Gasteiger partial charge in [0.15, 0.2) is 6.10 Å². The molecule has 0 aliphatic rings. The van der Waals surface area contributed by atoms with Crippen molar-refractivity contribution in [3.63, 3.8) is 0 Å². The third-order valence-corrected chi connectivity index (χ3v) is 11.0. The van der Waals surface area contributed by atoms with Crippen molar-refractivity contribution in [1.29, 1.82) is 0 Å². The lowest BCUT2D eigenvalue weighted by atomic mass is 10.0. The second kappa shape index (κ2) is 47.2. The lowest BCUT2D eigenvalue weighted by Gasteiger charge is -2.25. The summed E-state index contributed by atoms with van der Waals surface area (Å²) in [4.78, 5) is 37.2. The zero-order valence-corrected chi connectivity index (χ0v) is 42.4. The summed E-state index contributed by atoms with van der Waals surface area (Å²) < 4.78 is 22.8. The summed E-state index contributed by atoms with van der Waals surface area (Å²) in [7, 11) is 5.95. The van der Waals surface area contributed by atoms with E-state index in [9.17, 15) is 19.5 Å². The fraction of sp³-hybridized carbons (Fsp3) is 0.732. The summed E-state index contributed by atoms with van der Waals surface area (Å²) in [5.74, 6) is -2.01. The molecule has 0 amide bonds. The smallest absolute Gasteiger partial charge is 0.361 e. The Morgan fingerprint density at radius 3 is 1.31 bits per heavy atom. The van der Waals surface area contributed by atoms with E-state index in [0.717, 1.165) is 83.5 Å². The number of carbonyl (C=O) groups excluding carboxylic acids is 2. The fourth-order valence-electron chi connectivity index (χ4n) is 6.96. The van der Waals surface area contributed by atoms with Crippen molar-refractivity contribution in [3.05, 3.63) is 72.9 Å². The molecule has 1 N–H and O–H groups in total. The standard InChI is InChI=1S/C56H97NO8/c1-6-8-10-12-14-16-18-19-20-21-22-23-24-25-26-27-28-29-30-31-32-33-34-35-37-39-41-43-45-47-54(59)65-52(51-64-56(55(60)61)62-49-48-57(3,4)5)50-63-53(58)46-44-42-40-38-36-17-15-13-11-9-7-2/h8,10,14,16,19-20,22-23,25-26,28-29,52,56H,6-7,9,11-13,15,17-18,21,24,27,30-51H2,1-5H3/p+1/b10-8-,16-14-,20-19-,23-22-,26-25-,29-28-. The molecule has 9 nitrogen and oxygen atoms in total. The van der Waals surface area contributed by atoms with E-state index in [0.29, 0.717) is 23.9 Å². The highest BCUT2D eigenvalue weighted by Gasteiger charge is 2.25. The van der Waals surface area contributed by atoms with E-state index >= 15 is 0 Å². The molecular formula is C56H98NO8+. The number of allylic oxidation sites excluding steroid dienone is 12. The number of carbonyl (C=O) groups is 3. The fourth-order valence-corrected chi connectivity index (χ4v) is 6.96. The average Bonchev–Trinajstić information content (AvgIpc) is 3.27. The van der Waals surface area contributed by atoms with Gasteiger partial charge in [0.25, 0.3) is 6.29 Å². The molecule has 0 fully saturated rings. The van der Waals surface area contributed by atoms with Crippen LogP contribution in [0.3, 0.4) is 0 Å². The molecule has 374 valence electrons. The van der Waals surface area contributed by atoms with Crippen LogP contribution < -0.4 is 0 Å². The van der Waals surface area contributed by atoms with Gasteiger partial charge in [0, 0.05) is 12.8 Å². The van der Waals surface area contributed by atoms with E-state index in [1.165, 1.54) is 89.9 Å². The van der Waals surface area contributed by atoms with Gasteiger partial charge in [0.05, 0.1) is 34.4 Å². The van der Waals surface area contributed by atoms with Gasteiger partial charge < -0.3 is 28.5 Å². The van der Waals surface area contributed by atoms with Crippen molar-refractivity contribution in [2.45, 2.75) is 219 Å². The van der Waals surface area contributed by atoms with Gasteiger partial charge in [-0.2, -0.15) is 0 Å². The minimum atomic E-state index is -1.51. The Morgan fingerprint density at radius 1 is 0.477 bits per heavy atom. The number of nitrogens with zero attached hydrogens (tertiary/aromatic N) is 1. The van der Waals surface area contributed by atoms with Crippen molar-refractivity contribution >= 4 is 17.9 Å². The predicted molar refractivity (Wildman–Crippen MR) is 272 cm³/mol. The Kier molecular flexibility index (Phi) is 44.9. The molecule has 65 heavy (non-hydrogen) atoms. The molecule has 0 saturated carbocycles. The molecule has 0 aliphatic heterocycles. The maximum absolute atomic E-state index is 12.8. The van der Waals surface area contributed by atoms with E-state index in [1.807, 2.05) is 21.1 Å². The number of rotatable bonds is 47. The number of unbranched alkanes of at least 4 members (excludes halogenated alkanes) is 20. The predicted octanol–water partition coefficient (Wildman–Crippen LogP) is 14.7. The summed E-state index contributed by atoms with van der Waals surface area (Å²) in [5, 5.41) is 9.66. The van der Waals surface area contributed by atoms with Crippen LogP contribution in [-0.4, -0.2) is 87.4 Å². The van der Waals surface area contributed by atoms with Crippen LogP contribution in [0.15, 0.2) is 72.9 Å². The number of likely N-dealkylation sites (N-methyl/N-ethyl adjacent to an activating group) is 1. The first-order valence-electron chi connectivity index (χ1n) is 26.1. The number of esters is 2. The molecule has 0 aromatic heterocycles. The molecule has 0 aliphatic carbocycles. The van der Waals surface area contributed by atoms with Crippen LogP contribution in [0.25, 0.3) is 0 Å². The maximum Gasteiger partial charge on any atom is 0.361 e. The van der Waals surface area contributed by atoms with Crippen LogP contribution in [-0.2, 0) is 33.3 Å². The lowest BCUT2D eigenvalue weighted by molar-refractivity contribution is -0.870. The summed E-state index contributed by atoms with van der Waals surface area (Å²) in [6, 6.07) is 0. The highest BCUT2D eigenvalue weighted by atomic mass is 16.7. The molecule has 2 unspecified atom stereocenters. The van der Waals surface area contributed by atoms with Crippen LogP contribution in [0.4, 0.5) is 0 Å². The SMILES string of the molecule is CC/C=C\C/C=C\C/C=C\C/C=C\C/C=C\C/C=C\CCCCCCCCCCCCC(=O)OC(COC(=O)CCCCCCCCCCCCC)COC(OCC[N+](C)(C)C)C(=O)O. The zero-order chi connectivity index (χ0) is 47.7. The van der Waals surface area contributed by atoms with Crippen molar-refractivity contribution in [1.82, 2.24) is 0 Å². The Labute approximate surface area is 398 Å². The lowest BCUT2D eigenvalue weighted by Crippen LogP contribution is -2.40. The number of aliphatic carboxylic acids is 1. The van der Waals surface area contributed by atoms with E-state index in [2.05, 4.69) is 86.8 Å². The van der Waals surface area contributed by atoms with Gasteiger partial charge in [-0.25, -0.2) is 4.79 Å². The third-order valence-electron chi connectivity index (χ3n) is 11.0. The van der Waals surface area contributed by atoms with Gasteiger partial charge in [-0.1, -0.05) is 202 Å². The first-order chi connectivity index (χ1) is 31.6. The molecule has 0 bridgehead atoms. The normalized spacial score (nSPS) is 13.4. The molecule has 2 atom stereocenters. The largest absolute Gasteiger partial charge is 0.477 e. The van der Waals surface area contributed by atoms with Crippen molar-refractivity contribution in [2.75, 3.05) is 47.5 Å². The van der Waals surface area contributed by atoms with Crippen LogP contribution in [0.5, 0.6) is 0 Å². The van der Waals surface area contributed by atoms with Crippen molar-refractivity contribution in [2.24, 2.45) is 0 Å². The molecule has 0 saturated heterocycles. The Morgan fingerprint density at radius 2 is 0.877 bits per heavy atom. The van der Waals surface area contributed by atoms with Crippen molar-refractivity contribution < 1.29 is 42.9 Å². The number of quaternary nitrogens is 1. The number of carboxylic acids is 1. The van der Waals surface area contributed by atoms with Crippen LogP contribution in [0, 0.1) is 0 Å². The van der Waals surface area contributed by atoms with E-state index in [1.54, 1.807) is 0 Å². The topological polar surface area (TPSA) is 108 Å². The maximum atomic E-state index is 12.8. The van der Waals surface area contributed by atoms with Gasteiger partial charge in [-0.15, -0.1) is 0 Å². The Bertz CT molecular complexity index is 1290. The number of hydrogen-bond donors (Lipinski definition) is 1. The highest BCUT2D eigenvalue weighted by Crippen LogP contribution is 2.15. The summed E-state index contributed by atoms with van der Waals surface area (Å²) in [6.07, 6.45) is 56.9. The first kappa shape index (κ1) is 61.7. The van der Waals surface area contributed by atoms with Crippen LogP contribution >= 0.6 is 0 Å². The molecule has 0 heterocycles. The number of carboxylic acid groups (broad SMARTS) is 1. The number of hydrogen-bond acceptors (Lipinski definition) is 7. The zero-order valence-electron chi connectivity index (χ0n) is 42.4. The monoisotopic (exact) mass is 913 g/mol. The minimum Gasteiger partial charge on any atom is -0.477 e. The Balaban J connectivity index is 4.23. The molecular weight excluding hydrogens is 815 g/mol. The molecule has 0 rings (SSSR count). The van der Waals surface area contributed by atoms with Gasteiger partial charge in [0.2, 0.25) is 0 Å². The second-order valence-corrected chi connectivity index (χ2v) is 18.5. The minimum absolute atomic E-state index is 0.184. The molecule has 0 spiro atoms. The van der Waals surface area contributed by atoms with Gasteiger partial charge in [-0.05, 0) is 64.2 Å². The number of ether oxygens (including phenoxy) is 4. The summed E-state index contributed by atoms with van der Waals surface area (Å²) in [6.45, 7) is 4.74. The molecule has 0 aromatic carbocycles. The second-order valence-electron chi connectivity index (χ2n) is 18.5. The van der Waals surface area contributed by atoms with Gasteiger partial charge in [0.1, 0.15) is 13.2 Å².